The first kappa shape index (κ1) is 8.74. The normalized spacial score (nSPS) is 13.2. The van der Waals surface area contributed by atoms with Gasteiger partial charge >= 0.3 is 0 Å². The lowest BCUT2D eigenvalue weighted by Gasteiger charge is -2.07. The second kappa shape index (κ2) is 4.60. The molecular weight excluding hydrogens is 108 g/mol. The van der Waals surface area contributed by atoms with Crippen molar-refractivity contribution in [2.45, 2.75) is 40.0 Å². The Hall–Kier alpha value is -0.260. The number of hydrogen-bond acceptors (Lipinski definition) is 0. The van der Waals surface area contributed by atoms with Crippen molar-refractivity contribution in [1.82, 2.24) is 0 Å². The SMILES string of the molecule is [CH]=C(C)CC(C)CCC. The molecule has 1 unspecified atom stereocenters. The molecule has 0 heteroatoms. The van der Waals surface area contributed by atoms with E-state index in [4.69, 9.17) is 6.58 Å². The second-order valence-electron chi connectivity index (χ2n) is 2.94. The Morgan fingerprint density at radius 3 is 2.44 bits per heavy atom. The zero-order valence-corrected chi connectivity index (χ0v) is 6.78. The van der Waals surface area contributed by atoms with E-state index in [1.807, 2.05) is 6.92 Å². The van der Waals surface area contributed by atoms with Gasteiger partial charge < -0.3 is 0 Å². The molecule has 0 bridgehead atoms. The molecule has 0 saturated heterocycles. The van der Waals surface area contributed by atoms with Crippen molar-refractivity contribution in [3.05, 3.63) is 12.2 Å². The molecule has 9 heavy (non-hydrogen) atoms. The monoisotopic (exact) mass is 125 g/mol. The summed E-state index contributed by atoms with van der Waals surface area (Å²) in [6, 6.07) is 0. The molecule has 0 aromatic rings. The first-order valence-electron chi connectivity index (χ1n) is 3.74. The Morgan fingerprint density at radius 2 is 2.11 bits per heavy atom. The Morgan fingerprint density at radius 1 is 1.56 bits per heavy atom. The maximum Gasteiger partial charge on any atom is -0.0294 e. The molecule has 0 spiro atoms. The fourth-order valence-electron chi connectivity index (χ4n) is 1.14. The van der Waals surface area contributed by atoms with Gasteiger partial charge in [0.15, 0.2) is 0 Å². The zero-order valence-electron chi connectivity index (χ0n) is 6.78. The minimum atomic E-state index is 0.778. The summed E-state index contributed by atoms with van der Waals surface area (Å²) in [5.74, 6) is 0.778. The standard InChI is InChI=1S/C9H17/c1-5-6-9(4)7-8(2)3/h2,9H,5-7H2,1,3-4H3. The van der Waals surface area contributed by atoms with Crippen molar-refractivity contribution in [3.63, 3.8) is 0 Å². The van der Waals surface area contributed by atoms with E-state index in [9.17, 15) is 0 Å². The predicted molar refractivity (Wildman–Crippen MR) is 42.2 cm³/mol. The minimum absolute atomic E-state index is 0.778. The first-order valence-corrected chi connectivity index (χ1v) is 3.74. The van der Waals surface area contributed by atoms with Crippen LogP contribution in [0.3, 0.4) is 0 Å². The van der Waals surface area contributed by atoms with Crippen molar-refractivity contribution >= 4 is 0 Å². The number of hydrogen-bond donors (Lipinski definition) is 0. The summed E-state index contributed by atoms with van der Waals surface area (Å²) in [6.07, 6.45) is 3.66. The van der Waals surface area contributed by atoms with Gasteiger partial charge in [-0.3, -0.25) is 0 Å². The molecule has 0 aliphatic rings. The molecule has 0 nitrogen and oxygen atoms in total. The molecule has 0 N–H and O–H groups in total. The molecule has 0 aromatic carbocycles. The molecule has 0 aliphatic heterocycles. The van der Waals surface area contributed by atoms with Gasteiger partial charge in [-0.1, -0.05) is 38.8 Å². The van der Waals surface area contributed by atoms with Crippen molar-refractivity contribution in [2.75, 3.05) is 0 Å². The van der Waals surface area contributed by atoms with Crippen molar-refractivity contribution in [2.24, 2.45) is 5.92 Å². The molecular formula is C9H17. The molecule has 0 fully saturated rings. The van der Waals surface area contributed by atoms with Crippen molar-refractivity contribution < 1.29 is 0 Å². The molecule has 0 amide bonds. The molecule has 0 heterocycles. The molecule has 0 aromatic heterocycles. The molecule has 1 atom stereocenters. The molecule has 0 saturated carbocycles. The van der Waals surface area contributed by atoms with Gasteiger partial charge in [0.2, 0.25) is 0 Å². The van der Waals surface area contributed by atoms with E-state index in [0.29, 0.717) is 0 Å². The maximum absolute atomic E-state index is 5.54. The predicted octanol–water partition coefficient (Wildman–Crippen LogP) is 3.19. The highest BCUT2D eigenvalue weighted by Crippen LogP contribution is 2.13. The Labute approximate surface area is 59.0 Å². The van der Waals surface area contributed by atoms with Gasteiger partial charge in [-0.15, -0.1) is 0 Å². The van der Waals surface area contributed by atoms with E-state index >= 15 is 0 Å². The summed E-state index contributed by atoms with van der Waals surface area (Å²) >= 11 is 0. The van der Waals surface area contributed by atoms with Gasteiger partial charge in [0.25, 0.3) is 0 Å². The van der Waals surface area contributed by atoms with E-state index in [-0.39, 0.29) is 0 Å². The zero-order chi connectivity index (χ0) is 7.28. The van der Waals surface area contributed by atoms with E-state index in [0.717, 1.165) is 17.9 Å². The van der Waals surface area contributed by atoms with Gasteiger partial charge in [0, 0.05) is 0 Å². The summed E-state index contributed by atoms with van der Waals surface area (Å²) < 4.78 is 0. The van der Waals surface area contributed by atoms with E-state index < -0.39 is 0 Å². The van der Waals surface area contributed by atoms with Crippen molar-refractivity contribution in [1.29, 1.82) is 0 Å². The smallest absolute Gasteiger partial charge is 0.0294 e. The van der Waals surface area contributed by atoms with Crippen LogP contribution in [0, 0.1) is 12.5 Å². The lowest BCUT2D eigenvalue weighted by atomic mass is 9.99. The number of rotatable bonds is 4. The lowest BCUT2D eigenvalue weighted by Crippen LogP contribution is -1.93. The fourth-order valence-corrected chi connectivity index (χ4v) is 1.14. The summed E-state index contributed by atoms with van der Waals surface area (Å²) in [5, 5.41) is 0. The van der Waals surface area contributed by atoms with E-state index in [1.165, 1.54) is 12.8 Å². The first-order chi connectivity index (χ1) is 4.16. The number of allylic oxidation sites excluding steroid dienone is 1. The Balaban J connectivity index is 3.26. The van der Waals surface area contributed by atoms with Crippen LogP contribution < -0.4 is 0 Å². The molecule has 0 aliphatic carbocycles. The van der Waals surface area contributed by atoms with E-state index in [1.54, 1.807) is 0 Å². The summed E-state index contributed by atoms with van der Waals surface area (Å²) in [4.78, 5) is 0. The highest BCUT2D eigenvalue weighted by atomic mass is 14.0. The van der Waals surface area contributed by atoms with Crippen LogP contribution in [0.2, 0.25) is 0 Å². The topological polar surface area (TPSA) is 0 Å². The van der Waals surface area contributed by atoms with E-state index in [2.05, 4.69) is 13.8 Å². The third-order valence-electron chi connectivity index (χ3n) is 1.45. The summed E-state index contributed by atoms with van der Waals surface area (Å²) in [5.41, 5.74) is 1.07. The Bertz CT molecular complexity index is 82.0. The molecule has 1 radical (unpaired) electrons. The summed E-state index contributed by atoms with van der Waals surface area (Å²) in [7, 11) is 0. The third kappa shape index (κ3) is 5.61. The van der Waals surface area contributed by atoms with Crippen LogP contribution in [0.5, 0.6) is 0 Å². The minimum Gasteiger partial charge on any atom is -0.0731 e. The second-order valence-corrected chi connectivity index (χ2v) is 2.94. The lowest BCUT2D eigenvalue weighted by molar-refractivity contribution is 0.520. The fraction of sp³-hybridized carbons (Fsp3) is 0.778. The van der Waals surface area contributed by atoms with Crippen LogP contribution in [-0.4, -0.2) is 0 Å². The van der Waals surface area contributed by atoms with Gasteiger partial charge in [-0.2, -0.15) is 0 Å². The largest absolute Gasteiger partial charge is 0.0731 e. The molecule has 53 valence electrons. The van der Waals surface area contributed by atoms with Crippen LogP contribution in [0.15, 0.2) is 5.57 Å². The maximum atomic E-state index is 5.54. The van der Waals surface area contributed by atoms with Crippen LogP contribution in [0.1, 0.15) is 40.0 Å². The summed E-state index contributed by atoms with van der Waals surface area (Å²) in [6.45, 7) is 12.0. The quantitative estimate of drug-likeness (QED) is 0.541. The van der Waals surface area contributed by atoms with Gasteiger partial charge in [-0.25, -0.2) is 0 Å². The average molecular weight is 125 g/mol. The van der Waals surface area contributed by atoms with Gasteiger partial charge in [0.1, 0.15) is 0 Å². The van der Waals surface area contributed by atoms with Crippen LogP contribution >= 0.6 is 0 Å². The van der Waals surface area contributed by atoms with Crippen LogP contribution in [-0.2, 0) is 0 Å². The van der Waals surface area contributed by atoms with Gasteiger partial charge in [-0.05, 0) is 19.3 Å². The average Bonchev–Trinajstić information content (AvgIpc) is 1.63. The molecule has 0 rings (SSSR count). The van der Waals surface area contributed by atoms with Crippen molar-refractivity contribution in [3.8, 4) is 0 Å². The van der Waals surface area contributed by atoms with Gasteiger partial charge in [0.05, 0.1) is 0 Å². The van der Waals surface area contributed by atoms with Crippen LogP contribution in [0.25, 0.3) is 0 Å². The van der Waals surface area contributed by atoms with Crippen LogP contribution in [0.4, 0.5) is 0 Å². The highest BCUT2D eigenvalue weighted by molar-refractivity contribution is 4.86. The highest BCUT2D eigenvalue weighted by Gasteiger charge is 1.98. The Kier molecular flexibility index (Phi) is 4.47. The third-order valence-corrected chi connectivity index (χ3v) is 1.45.